The van der Waals surface area contributed by atoms with Crippen LogP contribution in [0.2, 0.25) is 0 Å². The van der Waals surface area contributed by atoms with Crippen LogP contribution in [0, 0.1) is 10.5 Å². The molecule has 0 aliphatic heterocycles. The molecule has 2 N–H and O–H groups in total. The highest BCUT2D eigenvalue weighted by Crippen LogP contribution is 2.30. The fourth-order valence-electron chi connectivity index (χ4n) is 4.41. The van der Waals surface area contributed by atoms with Crippen LogP contribution >= 0.6 is 22.6 Å². The van der Waals surface area contributed by atoms with Gasteiger partial charge in [-0.05, 0) is 110 Å². The average Bonchev–Trinajstić information content (AvgIpc) is 3.08. The number of carboxylic acid groups (broad SMARTS) is 1. The van der Waals surface area contributed by atoms with Crippen LogP contribution in [0.25, 0.3) is 10.9 Å². The standard InChI is InChI=1S/C30H31IN2O4/c1-18(21-9-7-10-23(31)16-21)32-28(34)22-12-13-25-26(19(2)33(5)27(25)17-22)15-20-8-6-11-24(14-20)37-30(3,4)29(35)36/h6-14,16-18H,15H2,1-5H3,(H,32,34)(H,35,36)/t18-/m0/s1. The number of aliphatic carboxylic acids is 1. The second-order valence-electron chi connectivity index (χ2n) is 9.85. The lowest BCUT2D eigenvalue weighted by molar-refractivity contribution is -0.152. The van der Waals surface area contributed by atoms with Crippen molar-refractivity contribution in [3.05, 3.63) is 98.2 Å². The van der Waals surface area contributed by atoms with E-state index >= 15 is 0 Å². The maximum Gasteiger partial charge on any atom is 0.347 e. The van der Waals surface area contributed by atoms with E-state index in [1.54, 1.807) is 6.07 Å². The summed E-state index contributed by atoms with van der Waals surface area (Å²) in [6, 6.07) is 21.4. The van der Waals surface area contributed by atoms with E-state index in [2.05, 4.69) is 45.5 Å². The molecule has 1 heterocycles. The second-order valence-corrected chi connectivity index (χ2v) is 11.1. The molecule has 1 atom stereocenters. The van der Waals surface area contributed by atoms with Crippen LogP contribution in [-0.2, 0) is 18.3 Å². The first kappa shape index (κ1) is 26.7. The molecule has 7 heteroatoms. The number of halogens is 1. The van der Waals surface area contributed by atoms with Gasteiger partial charge in [-0.25, -0.2) is 4.79 Å². The summed E-state index contributed by atoms with van der Waals surface area (Å²) in [6.07, 6.45) is 0.656. The summed E-state index contributed by atoms with van der Waals surface area (Å²) in [4.78, 5) is 24.5. The van der Waals surface area contributed by atoms with Gasteiger partial charge in [0.05, 0.1) is 6.04 Å². The summed E-state index contributed by atoms with van der Waals surface area (Å²) in [5, 5.41) is 13.6. The van der Waals surface area contributed by atoms with Crippen LogP contribution in [-0.4, -0.2) is 27.2 Å². The van der Waals surface area contributed by atoms with Crippen LogP contribution in [0.1, 0.15) is 59.6 Å². The van der Waals surface area contributed by atoms with Gasteiger partial charge in [-0.3, -0.25) is 4.79 Å². The van der Waals surface area contributed by atoms with Crippen molar-refractivity contribution >= 4 is 45.4 Å². The lowest BCUT2D eigenvalue weighted by atomic mass is 10.0. The molecule has 0 radical (unpaired) electrons. The van der Waals surface area contributed by atoms with Crippen LogP contribution in [0.3, 0.4) is 0 Å². The van der Waals surface area contributed by atoms with Crippen molar-refractivity contribution in [1.29, 1.82) is 0 Å². The lowest BCUT2D eigenvalue weighted by Crippen LogP contribution is -2.37. The zero-order valence-corrected chi connectivity index (χ0v) is 23.8. The van der Waals surface area contributed by atoms with E-state index in [1.807, 2.05) is 68.6 Å². The Balaban J connectivity index is 1.58. The number of rotatable bonds is 8. The maximum absolute atomic E-state index is 13.1. The average molecular weight is 610 g/mol. The maximum atomic E-state index is 13.1. The third kappa shape index (κ3) is 5.82. The fourth-order valence-corrected chi connectivity index (χ4v) is 4.97. The molecule has 0 aliphatic carbocycles. The Morgan fingerprint density at radius 2 is 1.81 bits per heavy atom. The molecule has 0 aliphatic rings. The number of ether oxygens (including phenoxy) is 1. The fraction of sp³-hybridized carbons (Fsp3) is 0.267. The largest absolute Gasteiger partial charge is 0.478 e. The van der Waals surface area contributed by atoms with Gasteiger partial charge in [0.2, 0.25) is 0 Å². The molecule has 0 saturated carbocycles. The number of benzene rings is 3. The Hall–Kier alpha value is -3.33. The monoisotopic (exact) mass is 610 g/mol. The van der Waals surface area contributed by atoms with Gasteiger partial charge in [0, 0.05) is 32.8 Å². The Kier molecular flexibility index (Phi) is 7.64. The summed E-state index contributed by atoms with van der Waals surface area (Å²) in [7, 11) is 2.01. The van der Waals surface area contributed by atoms with Crippen molar-refractivity contribution in [2.24, 2.45) is 7.05 Å². The molecule has 0 saturated heterocycles. The number of aromatic nitrogens is 1. The number of hydrogen-bond acceptors (Lipinski definition) is 3. The van der Waals surface area contributed by atoms with E-state index < -0.39 is 11.6 Å². The van der Waals surface area contributed by atoms with Gasteiger partial charge in [-0.1, -0.05) is 30.3 Å². The first-order chi connectivity index (χ1) is 17.5. The van der Waals surface area contributed by atoms with Crippen molar-refractivity contribution in [2.75, 3.05) is 0 Å². The third-order valence-corrected chi connectivity index (χ3v) is 7.42. The number of nitrogens with one attached hydrogen (secondary N) is 1. The number of fused-ring (bicyclic) bond motifs is 1. The van der Waals surface area contributed by atoms with Crippen LogP contribution < -0.4 is 10.1 Å². The molecule has 0 unspecified atom stereocenters. The summed E-state index contributed by atoms with van der Waals surface area (Å²) in [5.74, 6) is -0.612. The molecule has 37 heavy (non-hydrogen) atoms. The summed E-state index contributed by atoms with van der Waals surface area (Å²) in [6.45, 7) is 7.13. The van der Waals surface area contributed by atoms with Crippen molar-refractivity contribution in [3.63, 3.8) is 0 Å². The SMILES string of the molecule is Cc1c(Cc2cccc(OC(C)(C)C(=O)O)c2)c2ccc(C(=O)N[C@@H](C)c3cccc(I)c3)cc2n1C. The quantitative estimate of drug-likeness (QED) is 0.226. The molecule has 3 aromatic carbocycles. The van der Waals surface area contributed by atoms with Gasteiger partial charge in [0.1, 0.15) is 5.75 Å². The molecule has 1 amide bonds. The van der Waals surface area contributed by atoms with E-state index in [9.17, 15) is 14.7 Å². The molecule has 1 aromatic heterocycles. The van der Waals surface area contributed by atoms with E-state index in [0.29, 0.717) is 17.7 Å². The second kappa shape index (κ2) is 10.6. The molecular formula is C30H31IN2O4. The normalized spacial score (nSPS) is 12.4. The van der Waals surface area contributed by atoms with E-state index in [1.165, 1.54) is 13.8 Å². The predicted octanol–water partition coefficient (Wildman–Crippen LogP) is 6.42. The molecular weight excluding hydrogens is 579 g/mol. The zero-order chi connectivity index (χ0) is 26.9. The van der Waals surface area contributed by atoms with Gasteiger partial charge in [0.15, 0.2) is 5.60 Å². The van der Waals surface area contributed by atoms with Gasteiger partial charge in [-0.2, -0.15) is 0 Å². The van der Waals surface area contributed by atoms with Crippen molar-refractivity contribution in [1.82, 2.24) is 9.88 Å². The van der Waals surface area contributed by atoms with E-state index in [0.717, 1.165) is 36.9 Å². The van der Waals surface area contributed by atoms with Crippen LogP contribution in [0.4, 0.5) is 0 Å². The highest BCUT2D eigenvalue weighted by molar-refractivity contribution is 14.1. The molecule has 192 valence electrons. The van der Waals surface area contributed by atoms with Gasteiger partial charge in [0.25, 0.3) is 5.91 Å². The van der Waals surface area contributed by atoms with Crippen LogP contribution in [0.15, 0.2) is 66.7 Å². The molecule has 0 spiro atoms. The topological polar surface area (TPSA) is 80.6 Å². The first-order valence-corrected chi connectivity index (χ1v) is 13.2. The Bertz CT molecular complexity index is 1490. The highest BCUT2D eigenvalue weighted by Gasteiger charge is 2.29. The number of carbonyl (C=O) groups excluding carboxylic acids is 1. The number of amides is 1. The number of aryl methyl sites for hydroxylation is 1. The summed E-state index contributed by atoms with van der Waals surface area (Å²) < 4.78 is 8.97. The van der Waals surface area contributed by atoms with Gasteiger partial charge in [-0.15, -0.1) is 0 Å². The molecule has 6 nitrogen and oxygen atoms in total. The summed E-state index contributed by atoms with van der Waals surface area (Å²) in [5.41, 5.74) is 4.63. The third-order valence-electron chi connectivity index (χ3n) is 6.75. The molecule has 4 rings (SSSR count). The number of carboxylic acids is 1. The molecule has 0 bridgehead atoms. The minimum Gasteiger partial charge on any atom is -0.478 e. The zero-order valence-electron chi connectivity index (χ0n) is 21.6. The van der Waals surface area contributed by atoms with Gasteiger partial charge < -0.3 is 19.7 Å². The Morgan fingerprint density at radius 3 is 2.51 bits per heavy atom. The molecule has 4 aromatic rings. The minimum atomic E-state index is -1.32. The lowest BCUT2D eigenvalue weighted by Gasteiger charge is -2.21. The van der Waals surface area contributed by atoms with Crippen LogP contribution in [0.5, 0.6) is 5.75 Å². The number of hydrogen-bond donors (Lipinski definition) is 2. The van der Waals surface area contributed by atoms with Gasteiger partial charge >= 0.3 is 5.97 Å². The Morgan fingerprint density at radius 1 is 1.08 bits per heavy atom. The first-order valence-electron chi connectivity index (χ1n) is 12.1. The molecule has 0 fully saturated rings. The number of carbonyl (C=O) groups is 2. The Labute approximate surface area is 230 Å². The van der Waals surface area contributed by atoms with E-state index in [-0.39, 0.29) is 11.9 Å². The number of nitrogens with zero attached hydrogens (tertiary/aromatic N) is 1. The predicted molar refractivity (Wildman–Crippen MR) is 154 cm³/mol. The minimum absolute atomic E-state index is 0.107. The summed E-state index contributed by atoms with van der Waals surface area (Å²) >= 11 is 2.27. The highest BCUT2D eigenvalue weighted by atomic mass is 127. The smallest absolute Gasteiger partial charge is 0.347 e. The van der Waals surface area contributed by atoms with Crippen molar-refractivity contribution in [3.8, 4) is 5.75 Å². The van der Waals surface area contributed by atoms with Crippen molar-refractivity contribution in [2.45, 2.75) is 45.8 Å². The van der Waals surface area contributed by atoms with Crippen molar-refractivity contribution < 1.29 is 19.4 Å². The van der Waals surface area contributed by atoms with E-state index in [4.69, 9.17) is 4.74 Å².